The topological polar surface area (TPSA) is 51.0 Å². The molecule has 0 aliphatic carbocycles. The van der Waals surface area contributed by atoms with E-state index in [0.717, 1.165) is 49.8 Å². The van der Waals surface area contributed by atoms with E-state index in [4.69, 9.17) is 0 Å². The van der Waals surface area contributed by atoms with Crippen molar-refractivity contribution in [2.45, 2.75) is 32.7 Å². The number of carbonyl (C=O) groups is 1. The first kappa shape index (κ1) is 16.5. The number of amides is 1. The summed E-state index contributed by atoms with van der Waals surface area (Å²) >= 11 is 0. The summed E-state index contributed by atoms with van der Waals surface area (Å²) in [5, 5.41) is 8.08. The van der Waals surface area contributed by atoms with Gasteiger partial charge in [-0.05, 0) is 43.9 Å². The number of carbonyl (C=O) groups excluding carboxylic acids is 1. The molecule has 1 aromatic heterocycles. The highest BCUT2D eigenvalue weighted by molar-refractivity contribution is 5.94. The molecule has 2 heterocycles. The first-order chi connectivity index (χ1) is 11.6. The molecule has 128 valence electrons. The Hall–Kier alpha value is -2.31. The number of nitrogens with zero attached hydrogens (tertiary/aromatic N) is 4. The van der Waals surface area contributed by atoms with Crippen LogP contribution in [0.15, 0.2) is 24.5 Å². The molecule has 0 saturated carbocycles. The van der Waals surface area contributed by atoms with E-state index in [0.29, 0.717) is 19.0 Å². The molecule has 0 spiro atoms. The monoisotopic (exact) mass is 334 g/mol. The van der Waals surface area contributed by atoms with Gasteiger partial charge in [0.05, 0.1) is 5.56 Å². The Morgan fingerprint density at radius 3 is 2.75 bits per heavy atom. The van der Waals surface area contributed by atoms with Gasteiger partial charge in [-0.1, -0.05) is 0 Å². The molecule has 1 aromatic carbocycles. The van der Waals surface area contributed by atoms with Crippen LogP contribution >= 0.6 is 0 Å². The fourth-order valence-electron chi connectivity index (χ4n) is 3.13. The number of aromatic nitrogens is 3. The zero-order valence-corrected chi connectivity index (χ0v) is 13.6. The first-order valence-corrected chi connectivity index (χ1v) is 8.19. The lowest BCUT2D eigenvalue weighted by Crippen LogP contribution is -2.39. The van der Waals surface area contributed by atoms with E-state index in [9.17, 15) is 13.6 Å². The van der Waals surface area contributed by atoms with Gasteiger partial charge in [0.2, 0.25) is 0 Å². The number of piperidine rings is 1. The van der Waals surface area contributed by atoms with Crippen molar-refractivity contribution >= 4 is 5.91 Å². The Balaban J connectivity index is 1.60. The van der Waals surface area contributed by atoms with E-state index in [2.05, 4.69) is 10.2 Å². The zero-order valence-electron chi connectivity index (χ0n) is 13.6. The molecule has 0 N–H and O–H groups in total. The average Bonchev–Trinajstić information content (AvgIpc) is 3.04. The third-order valence-corrected chi connectivity index (χ3v) is 4.57. The lowest BCUT2D eigenvalue weighted by Gasteiger charge is -2.32. The van der Waals surface area contributed by atoms with Gasteiger partial charge in [-0.3, -0.25) is 4.79 Å². The van der Waals surface area contributed by atoms with Crippen molar-refractivity contribution in [3.8, 4) is 0 Å². The number of rotatable bonds is 4. The molecule has 0 radical (unpaired) electrons. The minimum absolute atomic E-state index is 0.195. The summed E-state index contributed by atoms with van der Waals surface area (Å²) in [5.41, 5.74) is -0.195. The van der Waals surface area contributed by atoms with Crippen LogP contribution in [0.5, 0.6) is 0 Å². The highest BCUT2D eigenvalue weighted by Crippen LogP contribution is 2.23. The zero-order chi connectivity index (χ0) is 17.1. The Bertz CT molecular complexity index is 723. The summed E-state index contributed by atoms with van der Waals surface area (Å²) in [6, 6.07) is 2.97. The first-order valence-electron chi connectivity index (χ1n) is 8.19. The summed E-state index contributed by atoms with van der Waals surface area (Å²) < 4.78 is 29.0. The summed E-state index contributed by atoms with van der Waals surface area (Å²) in [6.07, 6.45) is 4.18. The largest absolute Gasteiger partial charge is 0.339 e. The molecule has 3 rings (SSSR count). The van der Waals surface area contributed by atoms with E-state index < -0.39 is 17.5 Å². The number of aryl methyl sites for hydroxylation is 1. The molecular formula is C17H20F2N4O. The molecule has 24 heavy (non-hydrogen) atoms. The Morgan fingerprint density at radius 2 is 2.04 bits per heavy atom. The third kappa shape index (κ3) is 3.44. The Labute approximate surface area is 139 Å². The van der Waals surface area contributed by atoms with Crippen molar-refractivity contribution in [1.82, 2.24) is 19.7 Å². The quantitative estimate of drug-likeness (QED) is 0.864. The average molecular weight is 334 g/mol. The number of benzene rings is 1. The maximum atomic E-state index is 13.8. The van der Waals surface area contributed by atoms with Crippen molar-refractivity contribution in [2.24, 2.45) is 5.92 Å². The fourth-order valence-corrected chi connectivity index (χ4v) is 3.13. The van der Waals surface area contributed by atoms with Gasteiger partial charge in [0.25, 0.3) is 5.91 Å². The van der Waals surface area contributed by atoms with Gasteiger partial charge in [0.15, 0.2) is 0 Å². The van der Waals surface area contributed by atoms with Crippen LogP contribution in [-0.2, 0) is 13.0 Å². The summed E-state index contributed by atoms with van der Waals surface area (Å²) in [4.78, 5) is 14.0. The van der Waals surface area contributed by atoms with Gasteiger partial charge in [0, 0.05) is 26.1 Å². The summed E-state index contributed by atoms with van der Waals surface area (Å²) in [6.45, 7) is 3.96. The minimum Gasteiger partial charge on any atom is -0.339 e. The second-order valence-corrected chi connectivity index (χ2v) is 6.10. The molecule has 0 bridgehead atoms. The number of likely N-dealkylation sites (tertiary alicyclic amines) is 1. The van der Waals surface area contributed by atoms with Crippen LogP contribution in [0.4, 0.5) is 8.78 Å². The van der Waals surface area contributed by atoms with E-state index in [1.807, 2.05) is 11.5 Å². The normalized spacial score (nSPS) is 15.7. The predicted molar refractivity (Wildman–Crippen MR) is 84.4 cm³/mol. The van der Waals surface area contributed by atoms with Gasteiger partial charge in [-0.2, -0.15) is 0 Å². The summed E-state index contributed by atoms with van der Waals surface area (Å²) in [5.74, 6) is -0.352. The van der Waals surface area contributed by atoms with E-state index in [1.54, 1.807) is 11.2 Å². The van der Waals surface area contributed by atoms with Crippen LogP contribution in [0, 0.1) is 17.6 Å². The number of halogens is 2. The van der Waals surface area contributed by atoms with Crippen molar-refractivity contribution in [2.75, 3.05) is 13.1 Å². The Kier molecular flexibility index (Phi) is 4.87. The lowest BCUT2D eigenvalue weighted by molar-refractivity contribution is 0.0684. The predicted octanol–water partition coefficient (Wildman–Crippen LogP) is 2.67. The smallest absolute Gasteiger partial charge is 0.256 e. The van der Waals surface area contributed by atoms with Crippen molar-refractivity contribution in [3.63, 3.8) is 0 Å². The standard InChI is InChI=1S/C17H20F2N4O/c1-2-22-11-20-21-16(22)9-12-5-7-23(8-6-12)17(24)14-10-13(18)3-4-15(14)19/h3-4,10-12H,2,5-9H2,1H3. The highest BCUT2D eigenvalue weighted by Gasteiger charge is 2.26. The van der Waals surface area contributed by atoms with Crippen molar-refractivity contribution in [1.29, 1.82) is 0 Å². The van der Waals surface area contributed by atoms with Crippen LogP contribution in [0.3, 0.4) is 0 Å². The minimum atomic E-state index is -0.681. The second kappa shape index (κ2) is 7.07. The molecule has 1 amide bonds. The molecule has 1 saturated heterocycles. The molecule has 7 heteroatoms. The maximum Gasteiger partial charge on any atom is 0.256 e. The Morgan fingerprint density at radius 1 is 1.29 bits per heavy atom. The van der Waals surface area contributed by atoms with Crippen molar-refractivity contribution in [3.05, 3.63) is 47.5 Å². The lowest BCUT2D eigenvalue weighted by atomic mass is 9.93. The molecule has 0 unspecified atom stereocenters. The van der Waals surface area contributed by atoms with Crippen LogP contribution in [0.1, 0.15) is 35.9 Å². The molecule has 1 fully saturated rings. The van der Waals surface area contributed by atoms with Gasteiger partial charge in [-0.25, -0.2) is 8.78 Å². The molecule has 5 nitrogen and oxygen atoms in total. The maximum absolute atomic E-state index is 13.8. The second-order valence-electron chi connectivity index (χ2n) is 6.10. The van der Waals surface area contributed by atoms with Gasteiger partial charge < -0.3 is 9.47 Å². The van der Waals surface area contributed by atoms with Gasteiger partial charge >= 0.3 is 0 Å². The highest BCUT2D eigenvalue weighted by atomic mass is 19.1. The van der Waals surface area contributed by atoms with E-state index >= 15 is 0 Å². The fraction of sp³-hybridized carbons (Fsp3) is 0.471. The van der Waals surface area contributed by atoms with Crippen LogP contribution in [0.2, 0.25) is 0 Å². The van der Waals surface area contributed by atoms with Gasteiger partial charge in [0.1, 0.15) is 23.8 Å². The SMILES string of the molecule is CCn1cnnc1CC1CCN(C(=O)c2cc(F)ccc2F)CC1. The molecule has 1 aliphatic rings. The molecule has 2 aromatic rings. The third-order valence-electron chi connectivity index (χ3n) is 4.57. The van der Waals surface area contributed by atoms with Gasteiger partial charge in [-0.15, -0.1) is 10.2 Å². The van der Waals surface area contributed by atoms with Crippen LogP contribution in [0.25, 0.3) is 0 Å². The van der Waals surface area contributed by atoms with E-state index in [-0.39, 0.29) is 5.56 Å². The molecule has 0 atom stereocenters. The van der Waals surface area contributed by atoms with Crippen LogP contribution < -0.4 is 0 Å². The summed E-state index contributed by atoms with van der Waals surface area (Å²) in [7, 11) is 0. The molecule has 1 aliphatic heterocycles. The number of hydrogen-bond donors (Lipinski definition) is 0. The van der Waals surface area contributed by atoms with Crippen molar-refractivity contribution < 1.29 is 13.6 Å². The number of hydrogen-bond acceptors (Lipinski definition) is 3. The van der Waals surface area contributed by atoms with E-state index in [1.165, 1.54) is 0 Å². The van der Waals surface area contributed by atoms with Crippen LogP contribution in [-0.4, -0.2) is 38.7 Å². The molecular weight excluding hydrogens is 314 g/mol.